The number of carbonyl (C=O) groups is 1. The number of carboxylic acids is 1. The standard InChI is InChI=1S/C17H24Cl2N2O2S.ClH/c1-20(12-17(22)23)14-3-2-7-21(8-6-14)9-10-24-16-11-13(18)4-5-15(16)19;/h4-5,11,14H,2-3,6-10,12H2,1H3,(H,22,23);1H. The molecule has 4 nitrogen and oxygen atoms in total. The van der Waals surface area contributed by atoms with Crippen LogP contribution in [0.1, 0.15) is 19.3 Å². The van der Waals surface area contributed by atoms with Gasteiger partial charge in [0.25, 0.3) is 0 Å². The zero-order chi connectivity index (χ0) is 17.5. The molecule has 0 spiro atoms. The number of hydrogen-bond donors (Lipinski definition) is 1. The molecular formula is C17H25Cl3N2O2S. The van der Waals surface area contributed by atoms with Gasteiger partial charge in [0.1, 0.15) is 0 Å². The molecule has 0 aromatic heterocycles. The lowest BCUT2D eigenvalue weighted by Crippen LogP contribution is -2.36. The van der Waals surface area contributed by atoms with Crippen LogP contribution in [0, 0.1) is 0 Å². The van der Waals surface area contributed by atoms with E-state index in [0.29, 0.717) is 11.1 Å². The largest absolute Gasteiger partial charge is 0.480 e. The minimum absolute atomic E-state index is 0. The Hall–Kier alpha value is -0.170. The molecule has 1 fully saturated rings. The molecule has 1 unspecified atom stereocenters. The van der Waals surface area contributed by atoms with E-state index in [1.165, 1.54) is 0 Å². The zero-order valence-corrected chi connectivity index (χ0v) is 17.4. The van der Waals surface area contributed by atoms with Crippen molar-refractivity contribution in [1.82, 2.24) is 9.80 Å². The van der Waals surface area contributed by atoms with Crippen molar-refractivity contribution in [1.29, 1.82) is 0 Å². The van der Waals surface area contributed by atoms with Crippen LogP contribution >= 0.6 is 47.4 Å². The van der Waals surface area contributed by atoms with Crippen molar-refractivity contribution in [2.24, 2.45) is 0 Å². The number of nitrogens with zero attached hydrogens (tertiary/aromatic N) is 2. The third-order valence-electron chi connectivity index (χ3n) is 4.36. The molecule has 0 amide bonds. The average molecular weight is 428 g/mol. The average Bonchev–Trinajstić information content (AvgIpc) is 2.76. The highest BCUT2D eigenvalue weighted by atomic mass is 35.5. The Labute approximate surface area is 170 Å². The Morgan fingerprint density at radius 2 is 2.12 bits per heavy atom. The van der Waals surface area contributed by atoms with E-state index in [2.05, 4.69) is 4.90 Å². The quantitative estimate of drug-likeness (QED) is 0.654. The predicted octanol–water partition coefficient (Wildman–Crippen LogP) is 4.38. The Morgan fingerprint density at radius 3 is 2.84 bits per heavy atom. The lowest BCUT2D eigenvalue weighted by molar-refractivity contribution is -0.138. The SMILES string of the molecule is CN(CC(=O)O)C1CCCN(CCSc2cc(Cl)ccc2Cl)CC1.Cl. The van der Waals surface area contributed by atoms with Gasteiger partial charge in [-0.05, 0) is 57.6 Å². The van der Waals surface area contributed by atoms with Gasteiger partial charge >= 0.3 is 5.97 Å². The Bertz CT molecular complexity index is 563. The smallest absolute Gasteiger partial charge is 0.317 e. The molecule has 142 valence electrons. The van der Waals surface area contributed by atoms with E-state index in [1.54, 1.807) is 17.8 Å². The molecule has 1 N–H and O–H groups in total. The van der Waals surface area contributed by atoms with Gasteiger partial charge < -0.3 is 10.0 Å². The fourth-order valence-corrected chi connectivity index (χ4v) is 4.52. The first-order valence-corrected chi connectivity index (χ1v) is 9.92. The highest BCUT2D eigenvalue weighted by molar-refractivity contribution is 7.99. The number of aliphatic carboxylic acids is 1. The minimum Gasteiger partial charge on any atom is -0.480 e. The third-order valence-corrected chi connectivity index (χ3v) is 6.07. The minimum atomic E-state index is -0.756. The predicted molar refractivity (Wildman–Crippen MR) is 109 cm³/mol. The molecule has 1 heterocycles. The van der Waals surface area contributed by atoms with Gasteiger partial charge in [-0.1, -0.05) is 23.2 Å². The van der Waals surface area contributed by atoms with Crippen LogP contribution in [0.4, 0.5) is 0 Å². The summed E-state index contributed by atoms with van der Waals surface area (Å²) in [7, 11) is 1.91. The lowest BCUT2D eigenvalue weighted by Gasteiger charge is -2.25. The maximum atomic E-state index is 10.9. The molecule has 0 radical (unpaired) electrons. The summed E-state index contributed by atoms with van der Waals surface area (Å²) >= 11 is 13.9. The summed E-state index contributed by atoms with van der Waals surface area (Å²) in [5.74, 6) is 0.212. The molecule has 8 heteroatoms. The molecular weight excluding hydrogens is 403 g/mol. The fraction of sp³-hybridized carbons (Fsp3) is 0.588. The Morgan fingerprint density at radius 1 is 1.36 bits per heavy atom. The van der Waals surface area contributed by atoms with Crippen LogP contribution in [0.25, 0.3) is 0 Å². The van der Waals surface area contributed by atoms with Gasteiger partial charge in [-0.3, -0.25) is 9.69 Å². The van der Waals surface area contributed by atoms with Gasteiger partial charge in [0.15, 0.2) is 0 Å². The van der Waals surface area contributed by atoms with Crippen LogP contribution in [0.2, 0.25) is 10.0 Å². The second-order valence-electron chi connectivity index (χ2n) is 6.16. The zero-order valence-electron chi connectivity index (χ0n) is 14.3. The molecule has 1 aromatic carbocycles. The van der Waals surface area contributed by atoms with Crippen molar-refractivity contribution >= 4 is 53.3 Å². The Balaban J connectivity index is 0.00000312. The topological polar surface area (TPSA) is 43.8 Å². The monoisotopic (exact) mass is 426 g/mol. The molecule has 25 heavy (non-hydrogen) atoms. The number of likely N-dealkylation sites (tertiary alicyclic amines) is 1. The van der Waals surface area contributed by atoms with Crippen molar-refractivity contribution in [2.75, 3.05) is 39.0 Å². The van der Waals surface area contributed by atoms with Crippen molar-refractivity contribution < 1.29 is 9.90 Å². The molecule has 1 atom stereocenters. The van der Waals surface area contributed by atoms with E-state index in [1.807, 2.05) is 24.1 Å². The molecule has 1 aromatic rings. The molecule has 0 bridgehead atoms. The van der Waals surface area contributed by atoms with Crippen LogP contribution in [0.3, 0.4) is 0 Å². The van der Waals surface area contributed by atoms with Gasteiger partial charge in [-0.2, -0.15) is 0 Å². The molecule has 1 aliphatic rings. The maximum absolute atomic E-state index is 10.9. The summed E-state index contributed by atoms with van der Waals surface area (Å²) in [5, 5.41) is 10.4. The van der Waals surface area contributed by atoms with Crippen molar-refractivity contribution in [3.63, 3.8) is 0 Å². The summed E-state index contributed by atoms with van der Waals surface area (Å²) in [6.45, 7) is 3.20. The van der Waals surface area contributed by atoms with E-state index in [-0.39, 0.29) is 19.0 Å². The number of halogens is 3. The second-order valence-corrected chi connectivity index (χ2v) is 8.14. The number of rotatable bonds is 7. The van der Waals surface area contributed by atoms with Gasteiger partial charge in [0.05, 0.1) is 11.6 Å². The number of hydrogen-bond acceptors (Lipinski definition) is 4. The third kappa shape index (κ3) is 7.94. The van der Waals surface area contributed by atoms with E-state index in [0.717, 1.165) is 54.6 Å². The number of likely N-dealkylation sites (N-methyl/N-ethyl adjacent to an activating group) is 1. The van der Waals surface area contributed by atoms with Gasteiger partial charge in [0.2, 0.25) is 0 Å². The first-order chi connectivity index (χ1) is 11.5. The van der Waals surface area contributed by atoms with E-state index in [9.17, 15) is 4.79 Å². The number of benzene rings is 1. The highest BCUT2D eigenvalue weighted by Crippen LogP contribution is 2.30. The van der Waals surface area contributed by atoms with Crippen molar-refractivity contribution in [3.05, 3.63) is 28.2 Å². The number of carboxylic acid groups (broad SMARTS) is 1. The first kappa shape index (κ1) is 22.9. The van der Waals surface area contributed by atoms with Crippen LogP contribution < -0.4 is 0 Å². The number of thioether (sulfide) groups is 1. The molecule has 1 saturated heterocycles. The maximum Gasteiger partial charge on any atom is 0.317 e. The highest BCUT2D eigenvalue weighted by Gasteiger charge is 2.21. The summed E-state index contributed by atoms with van der Waals surface area (Å²) in [5.41, 5.74) is 0. The van der Waals surface area contributed by atoms with Gasteiger partial charge in [-0.25, -0.2) is 0 Å². The molecule has 0 saturated carbocycles. The second kappa shape index (κ2) is 11.5. The van der Waals surface area contributed by atoms with E-state index in [4.69, 9.17) is 28.3 Å². The first-order valence-electron chi connectivity index (χ1n) is 8.18. The summed E-state index contributed by atoms with van der Waals surface area (Å²) < 4.78 is 0. The molecule has 2 rings (SSSR count). The van der Waals surface area contributed by atoms with Crippen molar-refractivity contribution in [2.45, 2.75) is 30.2 Å². The normalized spacial score (nSPS) is 18.6. The summed E-state index contributed by atoms with van der Waals surface area (Å²) in [6.07, 6.45) is 3.19. The summed E-state index contributed by atoms with van der Waals surface area (Å²) in [4.78, 5) is 16.3. The molecule has 1 aliphatic heterocycles. The Kier molecular flexibility index (Phi) is 10.5. The summed E-state index contributed by atoms with van der Waals surface area (Å²) in [6, 6.07) is 5.91. The van der Waals surface area contributed by atoms with Crippen LogP contribution in [0.15, 0.2) is 23.1 Å². The van der Waals surface area contributed by atoms with Gasteiger partial charge in [0, 0.05) is 28.3 Å². The fourth-order valence-electron chi connectivity index (χ4n) is 3.02. The van der Waals surface area contributed by atoms with E-state index < -0.39 is 5.97 Å². The van der Waals surface area contributed by atoms with Crippen LogP contribution in [-0.2, 0) is 4.79 Å². The van der Waals surface area contributed by atoms with Crippen molar-refractivity contribution in [3.8, 4) is 0 Å². The van der Waals surface area contributed by atoms with Gasteiger partial charge in [-0.15, -0.1) is 24.2 Å². The lowest BCUT2D eigenvalue weighted by atomic mass is 10.1. The molecule has 0 aliphatic carbocycles. The van der Waals surface area contributed by atoms with Crippen LogP contribution in [-0.4, -0.2) is 65.9 Å². The van der Waals surface area contributed by atoms with Crippen LogP contribution in [0.5, 0.6) is 0 Å². The van der Waals surface area contributed by atoms with E-state index >= 15 is 0 Å².